The van der Waals surface area contributed by atoms with Crippen LogP contribution in [0.1, 0.15) is 25.3 Å². The Hall–Kier alpha value is -2.24. The second-order valence-electron chi connectivity index (χ2n) is 5.00. The molecule has 6 heteroatoms. The Morgan fingerprint density at radius 2 is 1.95 bits per heavy atom. The van der Waals surface area contributed by atoms with E-state index in [-0.39, 0.29) is 37.4 Å². The number of carbonyl (C=O) groups excluding carboxylic acids is 2. The van der Waals surface area contributed by atoms with Crippen molar-refractivity contribution in [2.45, 2.75) is 32.7 Å². The van der Waals surface area contributed by atoms with E-state index in [0.717, 1.165) is 5.56 Å². The van der Waals surface area contributed by atoms with E-state index >= 15 is 0 Å². The van der Waals surface area contributed by atoms with E-state index in [1.165, 1.54) is 7.11 Å². The second kappa shape index (κ2) is 8.92. The molecule has 1 aromatic rings. The molecule has 0 aromatic heterocycles. The molecule has 122 valence electrons. The molecule has 0 aliphatic heterocycles. The Bertz CT molecular complexity index is 515. The number of rotatable bonds is 8. The van der Waals surface area contributed by atoms with Crippen molar-refractivity contribution in [1.29, 1.82) is 0 Å². The highest BCUT2D eigenvalue weighted by Crippen LogP contribution is 2.27. The molecule has 0 heterocycles. The molecule has 1 N–H and O–H groups in total. The van der Waals surface area contributed by atoms with E-state index in [9.17, 15) is 9.59 Å². The minimum atomic E-state index is -0.353. The van der Waals surface area contributed by atoms with Gasteiger partial charge in [0.1, 0.15) is 0 Å². The van der Waals surface area contributed by atoms with Gasteiger partial charge in [0, 0.05) is 6.04 Å². The van der Waals surface area contributed by atoms with Crippen molar-refractivity contribution in [3.63, 3.8) is 0 Å². The number of carbonyl (C=O) groups is 2. The van der Waals surface area contributed by atoms with Gasteiger partial charge in [-0.25, -0.2) is 0 Å². The summed E-state index contributed by atoms with van der Waals surface area (Å²) in [4.78, 5) is 22.8. The molecule has 22 heavy (non-hydrogen) atoms. The monoisotopic (exact) mass is 309 g/mol. The zero-order chi connectivity index (χ0) is 16.5. The fourth-order valence-electron chi connectivity index (χ4n) is 1.88. The Balaban J connectivity index is 2.38. The molecule has 6 nitrogen and oxygen atoms in total. The summed E-state index contributed by atoms with van der Waals surface area (Å²) >= 11 is 0. The molecule has 1 aromatic carbocycles. The van der Waals surface area contributed by atoms with E-state index in [4.69, 9.17) is 9.47 Å². The third-order valence-corrected chi connectivity index (χ3v) is 3.01. The van der Waals surface area contributed by atoms with Crippen LogP contribution in [0, 0.1) is 6.92 Å². The van der Waals surface area contributed by atoms with Gasteiger partial charge in [-0.05, 0) is 31.5 Å². The van der Waals surface area contributed by atoms with E-state index in [1.54, 1.807) is 14.0 Å². The van der Waals surface area contributed by atoms with Gasteiger partial charge in [-0.2, -0.15) is 0 Å². The number of esters is 1. The third kappa shape index (κ3) is 6.03. The van der Waals surface area contributed by atoms with Crippen molar-refractivity contribution in [3.05, 3.63) is 23.8 Å². The van der Waals surface area contributed by atoms with Crippen molar-refractivity contribution in [3.8, 4) is 11.5 Å². The minimum Gasteiger partial charge on any atom is -0.493 e. The highest BCUT2D eigenvalue weighted by molar-refractivity contribution is 5.77. The number of benzene rings is 1. The van der Waals surface area contributed by atoms with Gasteiger partial charge in [-0.3, -0.25) is 9.59 Å². The molecule has 0 fully saturated rings. The molecule has 0 radical (unpaired) electrons. The predicted molar refractivity (Wildman–Crippen MR) is 82.1 cm³/mol. The molecule has 0 spiro atoms. The van der Waals surface area contributed by atoms with Gasteiger partial charge >= 0.3 is 5.97 Å². The summed E-state index contributed by atoms with van der Waals surface area (Å²) < 4.78 is 15.3. The van der Waals surface area contributed by atoms with Crippen LogP contribution in [-0.4, -0.2) is 38.7 Å². The Kier molecular flexibility index (Phi) is 7.22. The highest BCUT2D eigenvalue weighted by atomic mass is 16.5. The van der Waals surface area contributed by atoms with Crippen LogP contribution in [0.2, 0.25) is 0 Å². The van der Waals surface area contributed by atoms with Crippen LogP contribution in [0.4, 0.5) is 0 Å². The summed E-state index contributed by atoms with van der Waals surface area (Å²) in [6.45, 7) is 3.94. The number of methoxy groups -OCH3 is 2. The zero-order valence-electron chi connectivity index (χ0n) is 13.5. The quantitative estimate of drug-likeness (QED) is 0.742. The number of ether oxygens (including phenoxy) is 3. The first-order valence-corrected chi connectivity index (χ1v) is 7.10. The SMILES string of the molecule is COC(=O)C[C@@H](C)NC(=O)CCOc1ccc(C)cc1OC. The standard InChI is InChI=1S/C16H23NO5/c1-11-5-6-13(14(9-11)20-3)22-8-7-15(18)17-12(2)10-16(19)21-4/h5-6,9,12H,7-8,10H2,1-4H3,(H,17,18)/t12-/m1/s1. The number of nitrogens with one attached hydrogen (secondary N) is 1. The fraction of sp³-hybridized carbons (Fsp3) is 0.500. The predicted octanol–water partition coefficient (Wildman–Crippen LogP) is 1.84. The van der Waals surface area contributed by atoms with Crippen LogP contribution in [0.25, 0.3) is 0 Å². The van der Waals surface area contributed by atoms with Gasteiger partial charge in [0.2, 0.25) is 5.91 Å². The first-order valence-electron chi connectivity index (χ1n) is 7.10. The van der Waals surface area contributed by atoms with Crippen molar-refractivity contribution < 1.29 is 23.8 Å². The first-order chi connectivity index (χ1) is 10.5. The third-order valence-electron chi connectivity index (χ3n) is 3.01. The topological polar surface area (TPSA) is 73.9 Å². The maximum absolute atomic E-state index is 11.7. The van der Waals surface area contributed by atoms with Crippen LogP contribution in [-0.2, 0) is 14.3 Å². The van der Waals surface area contributed by atoms with E-state index in [1.807, 2.05) is 25.1 Å². The zero-order valence-corrected chi connectivity index (χ0v) is 13.5. The molecule has 0 saturated carbocycles. The maximum Gasteiger partial charge on any atom is 0.307 e. The van der Waals surface area contributed by atoms with E-state index in [2.05, 4.69) is 10.1 Å². The lowest BCUT2D eigenvalue weighted by Gasteiger charge is -2.14. The number of hydrogen-bond acceptors (Lipinski definition) is 5. The minimum absolute atomic E-state index is 0.148. The molecule has 1 amide bonds. The van der Waals surface area contributed by atoms with Crippen LogP contribution in [0.15, 0.2) is 18.2 Å². The van der Waals surface area contributed by atoms with Gasteiger partial charge in [-0.1, -0.05) is 6.07 Å². The number of amides is 1. The Morgan fingerprint density at radius 3 is 2.59 bits per heavy atom. The summed E-state index contributed by atoms with van der Waals surface area (Å²) in [5.41, 5.74) is 1.07. The van der Waals surface area contributed by atoms with Gasteiger partial charge in [0.05, 0.1) is 33.7 Å². The first kappa shape index (κ1) is 17.8. The summed E-state index contributed by atoms with van der Waals surface area (Å²) in [6.07, 6.45) is 0.345. The van der Waals surface area contributed by atoms with Gasteiger partial charge < -0.3 is 19.5 Å². The molecule has 0 saturated heterocycles. The fourth-order valence-corrected chi connectivity index (χ4v) is 1.88. The molecule has 1 atom stereocenters. The number of aryl methyl sites for hydroxylation is 1. The summed E-state index contributed by atoms with van der Waals surface area (Å²) in [6, 6.07) is 5.32. The molecule has 1 rings (SSSR count). The lowest BCUT2D eigenvalue weighted by Crippen LogP contribution is -2.35. The normalized spacial score (nSPS) is 11.5. The van der Waals surface area contributed by atoms with E-state index in [0.29, 0.717) is 11.5 Å². The lowest BCUT2D eigenvalue weighted by atomic mass is 10.2. The molecular formula is C16H23NO5. The average Bonchev–Trinajstić information content (AvgIpc) is 2.48. The summed E-state index contributed by atoms with van der Waals surface area (Å²) in [5, 5.41) is 2.72. The summed E-state index contributed by atoms with van der Waals surface area (Å²) in [5.74, 6) is 0.707. The average molecular weight is 309 g/mol. The van der Waals surface area contributed by atoms with Crippen LogP contribution in [0.5, 0.6) is 11.5 Å². The molecule has 0 bridgehead atoms. The smallest absolute Gasteiger partial charge is 0.307 e. The molecule has 0 aliphatic rings. The Labute approximate surface area is 130 Å². The van der Waals surface area contributed by atoms with Crippen LogP contribution < -0.4 is 14.8 Å². The van der Waals surface area contributed by atoms with Crippen molar-refractivity contribution in [2.24, 2.45) is 0 Å². The maximum atomic E-state index is 11.7. The lowest BCUT2D eigenvalue weighted by molar-refractivity contribution is -0.141. The highest BCUT2D eigenvalue weighted by Gasteiger charge is 2.12. The number of hydrogen-bond donors (Lipinski definition) is 1. The molecule has 0 aliphatic carbocycles. The van der Waals surface area contributed by atoms with Crippen molar-refractivity contribution in [2.75, 3.05) is 20.8 Å². The second-order valence-corrected chi connectivity index (χ2v) is 5.00. The molecular weight excluding hydrogens is 286 g/mol. The van der Waals surface area contributed by atoms with E-state index < -0.39 is 0 Å². The molecule has 0 unspecified atom stereocenters. The van der Waals surface area contributed by atoms with Gasteiger partial charge in [-0.15, -0.1) is 0 Å². The van der Waals surface area contributed by atoms with Crippen LogP contribution in [0.3, 0.4) is 0 Å². The summed E-state index contributed by atoms with van der Waals surface area (Å²) in [7, 11) is 2.89. The van der Waals surface area contributed by atoms with Gasteiger partial charge in [0.25, 0.3) is 0 Å². The largest absolute Gasteiger partial charge is 0.493 e. The van der Waals surface area contributed by atoms with Crippen LogP contribution >= 0.6 is 0 Å². The Morgan fingerprint density at radius 1 is 1.23 bits per heavy atom. The van der Waals surface area contributed by atoms with Crippen molar-refractivity contribution in [1.82, 2.24) is 5.32 Å². The van der Waals surface area contributed by atoms with Crippen molar-refractivity contribution >= 4 is 11.9 Å². The van der Waals surface area contributed by atoms with Gasteiger partial charge in [0.15, 0.2) is 11.5 Å².